The number of benzene rings is 1. The number of aliphatic carboxylic acids is 1. The Bertz CT molecular complexity index is 555. The van der Waals surface area contributed by atoms with Crippen molar-refractivity contribution in [2.24, 2.45) is 11.3 Å². The summed E-state index contributed by atoms with van der Waals surface area (Å²) in [6.45, 7) is 6.78. The Labute approximate surface area is 137 Å². The molecule has 0 aromatic heterocycles. The summed E-state index contributed by atoms with van der Waals surface area (Å²) in [7, 11) is 0. The molecule has 1 aliphatic heterocycles. The van der Waals surface area contributed by atoms with Gasteiger partial charge in [0.2, 0.25) is 5.91 Å². The molecule has 1 heterocycles. The summed E-state index contributed by atoms with van der Waals surface area (Å²) in [5.74, 6) is -1.34. The van der Waals surface area contributed by atoms with Gasteiger partial charge in [0.25, 0.3) is 0 Å². The van der Waals surface area contributed by atoms with Crippen LogP contribution < -0.4 is 0 Å². The number of amides is 1. The van der Waals surface area contributed by atoms with Crippen molar-refractivity contribution in [3.63, 3.8) is 0 Å². The molecule has 1 saturated heterocycles. The second-order valence-electron chi connectivity index (χ2n) is 6.83. The molecule has 5 heteroatoms. The summed E-state index contributed by atoms with van der Waals surface area (Å²) in [6, 6.07) is 9.54. The fraction of sp³-hybridized carbons (Fsp3) is 0.556. The summed E-state index contributed by atoms with van der Waals surface area (Å²) < 4.78 is 5.71. The lowest BCUT2D eigenvalue weighted by Crippen LogP contribution is -2.46. The summed E-state index contributed by atoms with van der Waals surface area (Å²) in [5, 5.41) is 9.19. The van der Waals surface area contributed by atoms with Crippen LogP contribution in [0, 0.1) is 11.3 Å². The number of carbonyl (C=O) groups excluding carboxylic acids is 1. The predicted octanol–water partition coefficient (Wildman–Crippen LogP) is 2.55. The molecule has 126 valence electrons. The van der Waals surface area contributed by atoms with Crippen LogP contribution in [0.25, 0.3) is 0 Å². The van der Waals surface area contributed by atoms with Crippen LogP contribution in [0.2, 0.25) is 0 Å². The standard InChI is InChI=1S/C18H25NO4/c1-13-15(16(20)21)9-10-19(13)17(22)18(2,3)12-23-11-14-7-5-4-6-8-14/h4-8,13,15H,9-12H2,1-3H3,(H,20,21). The molecule has 0 bridgehead atoms. The van der Waals surface area contributed by atoms with Crippen molar-refractivity contribution in [3.05, 3.63) is 35.9 Å². The molecule has 0 radical (unpaired) electrons. The second kappa shape index (κ2) is 7.13. The van der Waals surface area contributed by atoms with E-state index in [1.807, 2.05) is 51.1 Å². The fourth-order valence-electron chi connectivity index (χ4n) is 3.01. The molecule has 23 heavy (non-hydrogen) atoms. The van der Waals surface area contributed by atoms with E-state index < -0.39 is 17.3 Å². The predicted molar refractivity (Wildman–Crippen MR) is 86.8 cm³/mol. The molecule has 1 aromatic carbocycles. The van der Waals surface area contributed by atoms with Crippen molar-refractivity contribution in [2.75, 3.05) is 13.2 Å². The third-order valence-corrected chi connectivity index (χ3v) is 4.49. The van der Waals surface area contributed by atoms with Crippen LogP contribution in [0.5, 0.6) is 0 Å². The Balaban J connectivity index is 1.91. The molecule has 1 amide bonds. The fourth-order valence-corrected chi connectivity index (χ4v) is 3.01. The van der Waals surface area contributed by atoms with Crippen LogP contribution in [-0.4, -0.2) is 41.1 Å². The monoisotopic (exact) mass is 319 g/mol. The molecule has 0 aliphatic carbocycles. The molecular formula is C18H25NO4. The number of ether oxygens (including phenoxy) is 1. The lowest BCUT2D eigenvalue weighted by atomic mass is 9.92. The Morgan fingerprint density at radius 3 is 2.52 bits per heavy atom. The number of carboxylic acids is 1. The van der Waals surface area contributed by atoms with E-state index in [1.54, 1.807) is 4.90 Å². The first-order chi connectivity index (χ1) is 10.8. The second-order valence-corrected chi connectivity index (χ2v) is 6.83. The van der Waals surface area contributed by atoms with Crippen LogP contribution in [0.1, 0.15) is 32.8 Å². The lowest BCUT2D eigenvalue weighted by molar-refractivity contribution is -0.147. The summed E-state index contributed by atoms with van der Waals surface area (Å²) >= 11 is 0. The van der Waals surface area contributed by atoms with Crippen molar-refractivity contribution in [3.8, 4) is 0 Å². The molecule has 2 unspecified atom stereocenters. The van der Waals surface area contributed by atoms with Gasteiger partial charge in [0.05, 0.1) is 24.5 Å². The van der Waals surface area contributed by atoms with Crippen LogP contribution in [0.15, 0.2) is 30.3 Å². The minimum Gasteiger partial charge on any atom is -0.481 e. The van der Waals surface area contributed by atoms with Crippen LogP contribution in [-0.2, 0) is 20.9 Å². The zero-order valence-corrected chi connectivity index (χ0v) is 14.0. The lowest BCUT2D eigenvalue weighted by Gasteiger charge is -2.32. The van der Waals surface area contributed by atoms with E-state index in [4.69, 9.17) is 4.74 Å². The molecule has 1 aliphatic rings. The highest BCUT2D eigenvalue weighted by atomic mass is 16.5. The molecule has 1 N–H and O–H groups in total. The third kappa shape index (κ3) is 4.10. The van der Waals surface area contributed by atoms with Crippen molar-refractivity contribution >= 4 is 11.9 Å². The summed E-state index contributed by atoms with van der Waals surface area (Å²) in [5.41, 5.74) is 0.396. The van der Waals surface area contributed by atoms with Gasteiger partial charge in [-0.2, -0.15) is 0 Å². The molecule has 2 rings (SSSR count). The Kier molecular flexibility index (Phi) is 5.42. The quantitative estimate of drug-likeness (QED) is 0.875. The molecule has 0 spiro atoms. The number of carboxylic acid groups (broad SMARTS) is 1. The third-order valence-electron chi connectivity index (χ3n) is 4.49. The average molecular weight is 319 g/mol. The van der Waals surface area contributed by atoms with Gasteiger partial charge < -0.3 is 14.7 Å². The maximum absolute atomic E-state index is 12.7. The zero-order valence-electron chi connectivity index (χ0n) is 14.0. The number of hydrogen-bond acceptors (Lipinski definition) is 3. The first-order valence-electron chi connectivity index (χ1n) is 7.98. The van der Waals surface area contributed by atoms with Crippen molar-refractivity contribution in [1.29, 1.82) is 0 Å². The van der Waals surface area contributed by atoms with E-state index in [-0.39, 0.29) is 11.9 Å². The minimum atomic E-state index is -0.828. The molecule has 1 aromatic rings. The van der Waals surface area contributed by atoms with Gasteiger partial charge in [-0.3, -0.25) is 9.59 Å². The highest BCUT2D eigenvalue weighted by Gasteiger charge is 2.42. The maximum atomic E-state index is 12.7. The van der Waals surface area contributed by atoms with Crippen molar-refractivity contribution in [2.45, 2.75) is 39.8 Å². The molecular weight excluding hydrogens is 294 g/mol. The first kappa shape index (κ1) is 17.5. The molecule has 1 fully saturated rings. The van der Waals surface area contributed by atoms with Crippen LogP contribution in [0.3, 0.4) is 0 Å². The average Bonchev–Trinajstić information content (AvgIpc) is 2.89. The zero-order chi connectivity index (χ0) is 17.0. The van der Waals surface area contributed by atoms with Gasteiger partial charge in [0.15, 0.2) is 0 Å². The topological polar surface area (TPSA) is 66.8 Å². The SMILES string of the molecule is CC1C(C(=O)O)CCN1C(=O)C(C)(C)COCc1ccccc1. The molecule has 5 nitrogen and oxygen atoms in total. The molecule has 0 saturated carbocycles. The number of carbonyl (C=O) groups is 2. The highest BCUT2D eigenvalue weighted by Crippen LogP contribution is 2.30. The number of nitrogens with zero attached hydrogens (tertiary/aromatic N) is 1. The van der Waals surface area contributed by atoms with E-state index in [0.717, 1.165) is 5.56 Å². The van der Waals surface area contributed by atoms with E-state index in [9.17, 15) is 14.7 Å². The largest absolute Gasteiger partial charge is 0.481 e. The van der Waals surface area contributed by atoms with E-state index >= 15 is 0 Å². The van der Waals surface area contributed by atoms with Crippen molar-refractivity contribution < 1.29 is 19.4 Å². The van der Waals surface area contributed by atoms with Gasteiger partial charge in [-0.05, 0) is 32.8 Å². The van der Waals surface area contributed by atoms with Crippen LogP contribution >= 0.6 is 0 Å². The van der Waals surface area contributed by atoms with Gasteiger partial charge >= 0.3 is 5.97 Å². The van der Waals surface area contributed by atoms with Crippen molar-refractivity contribution in [1.82, 2.24) is 4.90 Å². The molecule has 2 atom stereocenters. The van der Waals surface area contributed by atoms with E-state index in [1.165, 1.54) is 0 Å². The number of hydrogen-bond donors (Lipinski definition) is 1. The van der Waals surface area contributed by atoms with Gasteiger partial charge in [-0.25, -0.2) is 0 Å². The minimum absolute atomic E-state index is 0.0400. The van der Waals surface area contributed by atoms with E-state index in [2.05, 4.69) is 0 Å². The Morgan fingerprint density at radius 2 is 1.96 bits per heavy atom. The van der Waals surface area contributed by atoms with Crippen LogP contribution in [0.4, 0.5) is 0 Å². The normalized spacial score (nSPS) is 21.4. The number of rotatable bonds is 6. The summed E-state index contributed by atoms with van der Waals surface area (Å²) in [6.07, 6.45) is 0.517. The van der Waals surface area contributed by atoms with E-state index in [0.29, 0.717) is 26.2 Å². The van der Waals surface area contributed by atoms with Gasteiger partial charge in [0.1, 0.15) is 0 Å². The van der Waals surface area contributed by atoms with Gasteiger partial charge in [0, 0.05) is 12.6 Å². The Hall–Kier alpha value is -1.88. The highest BCUT2D eigenvalue weighted by molar-refractivity contribution is 5.84. The maximum Gasteiger partial charge on any atom is 0.308 e. The first-order valence-corrected chi connectivity index (χ1v) is 7.98. The van der Waals surface area contributed by atoms with Gasteiger partial charge in [-0.1, -0.05) is 30.3 Å². The smallest absolute Gasteiger partial charge is 0.308 e. The number of likely N-dealkylation sites (tertiary alicyclic amines) is 1. The summed E-state index contributed by atoms with van der Waals surface area (Å²) in [4.78, 5) is 25.6. The van der Waals surface area contributed by atoms with Gasteiger partial charge in [-0.15, -0.1) is 0 Å². The Morgan fingerprint density at radius 1 is 1.30 bits per heavy atom.